The highest BCUT2D eigenvalue weighted by Gasteiger charge is 2.22. The van der Waals surface area contributed by atoms with Crippen LogP contribution >= 0.6 is 0 Å². The van der Waals surface area contributed by atoms with Crippen LogP contribution in [0.4, 0.5) is 4.39 Å². The summed E-state index contributed by atoms with van der Waals surface area (Å²) >= 11 is 0. The maximum absolute atomic E-state index is 13.3. The van der Waals surface area contributed by atoms with Crippen LogP contribution in [-0.4, -0.2) is 20.7 Å². The predicted octanol–water partition coefficient (Wildman–Crippen LogP) is 5.84. The largest absolute Gasteiger partial charge is 0.344 e. The van der Waals surface area contributed by atoms with E-state index >= 15 is 0 Å². The molecule has 2 heterocycles. The summed E-state index contributed by atoms with van der Waals surface area (Å²) in [6.07, 6.45) is 7.61. The Labute approximate surface area is 172 Å². The Balaban J connectivity index is 0.00000300. The summed E-state index contributed by atoms with van der Waals surface area (Å²) in [6, 6.07) is 10.5. The number of hydrogen-bond donors (Lipinski definition) is 3. The molecule has 1 unspecified atom stereocenters. The molecule has 3 aromatic rings. The lowest BCUT2D eigenvalue weighted by molar-refractivity contribution is 0.346. The van der Waals surface area contributed by atoms with Crippen molar-refractivity contribution < 1.29 is 4.39 Å². The maximum atomic E-state index is 13.3. The molecule has 0 aliphatic heterocycles. The smallest absolute Gasteiger partial charge is 0.123 e. The van der Waals surface area contributed by atoms with Crippen LogP contribution in [0.25, 0.3) is 22.4 Å². The summed E-state index contributed by atoms with van der Waals surface area (Å²) in [5, 5.41) is 7.25. The first-order valence-corrected chi connectivity index (χ1v) is 10.00. The second-order valence-electron chi connectivity index (χ2n) is 7.64. The van der Waals surface area contributed by atoms with Crippen molar-refractivity contribution in [1.82, 2.24) is 21.3 Å². The van der Waals surface area contributed by atoms with Crippen LogP contribution in [0.15, 0.2) is 48.8 Å². The van der Waals surface area contributed by atoms with E-state index in [0.29, 0.717) is 5.92 Å². The minimum absolute atomic E-state index is 0. The summed E-state index contributed by atoms with van der Waals surface area (Å²) in [5.41, 5.74) is 11.2. The number of halogens is 1. The third-order valence-electron chi connectivity index (χ3n) is 5.85. The molecule has 156 valence electrons. The molecule has 0 saturated heterocycles. The van der Waals surface area contributed by atoms with Gasteiger partial charge >= 0.3 is 0 Å². The topological polar surface area (TPSA) is 103 Å². The van der Waals surface area contributed by atoms with Crippen LogP contribution in [-0.2, 0) is 0 Å². The van der Waals surface area contributed by atoms with E-state index in [1.54, 1.807) is 12.1 Å². The zero-order chi connectivity index (χ0) is 20.1. The second kappa shape index (κ2) is 9.76. The van der Waals surface area contributed by atoms with Crippen LogP contribution in [0.2, 0.25) is 0 Å². The molecule has 3 rings (SSSR count). The number of hydrogen-bond acceptors (Lipinski definition) is 4. The number of nitrogens with one attached hydrogen (secondary N) is 1. The van der Waals surface area contributed by atoms with E-state index in [4.69, 9.17) is 5.73 Å². The van der Waals surface area contributed by atoms with Gasteiger partial charge in [0.25, 0.3) is 0 Å². The van der Waals surface area contributed by atoms with Crippen LogP contribution in [0.5, 0.6) is 0 Å². The Hall–Kier alpha value is -2.57. The van der Waals surface area contributed by atoms with Gasteiger partial charge in [-0.3, -0.25) is 10.1 Å². The third kappa shape index (κ3) is 5.28. The van der Waals surface area contributed by atoms with Gasteiger partial charge in [-0.2, -0.15) is 5.10 Å². The third-order valence-corrected chi connectivity index (χ3v) is 5.85. The summed E-state index contributed by atoms with van der Waals surface area (Å²) in [7, 11) is 0. The van der Waals surface area contributed by atoms with E-state index in [1.165, 1.54) is 12.1 Å². The first-order valence-electron chi connectivity index (χ1n) is 10.00. The van der Waals surface area contributed by atoms with Crippen molar-refractivity contribution in [3.63, 3.8) is 0 Å². The zero-order valence-corrected chi connectivity index (χ0v) is 17.6. The molecule has 6 N–H and O–H groups in total. The molecule has 0 saturated carbocycles. The fourth-order valence-corrected chi connectivity index (χ4v) is 3.48. The molecule has 29 heavy (non-hydrogen) atoms. The Bertz CT molecular complexity index is 900. The highest BCUT2D eigenvalue weighted by atomic mass is 19.1. The molecule has 0 radical (unpaired) electrons. The van der Waals surface area contributed by atoms with Gasteiger partial charge in [-0.25, -0.2) is 4.39 Å². The van der Waals surface area contributed by atoms with E-state index in [2.05, 4.69) is 42.0 Å². The van der Waals surface area contributed by atoms with Crippen molar-refractivity contribution in [3.8, 4) is 22.4 Å². The molecule has 0 aliphatic rings. The number of aromatic nitrogens is 3. The van der Waals surface area contributed by atoms with Crippen LogP contribution in [0.3, 0.4) is 0 Å². The highest BCUT2D eigenvalue weighted by Crippen LogP contribution is 2.32. The minimum atomic E-state index is -0.250. The van der Waals surface area contributed by atoms with Crippen molar-refractivity contribution in [3.05, 3.63) is 60.3 Å². The lowest BCUT2D eigenvalue weighted by Gasteiger charge is -2.28. The number of rotatable bonds is 8. The molecular formula is C23H32FN5. The van der Waals surface area contributed by atoms with E-state index in [9.17, 15) is 4.39 Å². The quantitative estimate of drug-likeness (QED) is 0.444. The van der Waals surface area contributed by atoms with Crippen LogP contribution in [0.1, 0.15) is 58.1 Å². The molecule has 0 fully saturated rings. The number of H-pyrrole nitrogens is 1. The van der Waals surface area contributed by atoms with Crippen LogP contribution < -0.4 is 11.9 Å². The fraction of sp³-hybridized carbons (Fsp3) is 0.391. The molecule has 6 heteroatoms. The zero-order valence-electron chi connectivity index (χ0n) is 17.6. The standard InChI is InChI=1S/C23H29FN4.H3N/c1-4-23(25,5-2)12-10-16(3)21-14-18(11-13-26-21)20-15-27-28-22(20)17-6-8-19(24)9-7-17;/h6-9,11,13-16H,4-5,10,12,25H2,1-3H3,(H,27,28);1H3. The number of nitrogens with zero attached hydrogens (tertiary/aromatic N) is 2. The molecule has 0 spiro atoms. The second-order valence-corrected chi connectivity index (χ2v) is 7.64. The Kier molecular flexibility index (Phi) is 7.65. The number of pyridine rings is 1. The van der Waals surface area contributed by atoms with Crippen molar-refractivity contribution >= 4 is 0 Å². The van der Waals surface area contributed by atoms with Crippen molar-refractivity contribution in [2.75, 3.05) is 0 Å². The van der Waals surface area contributed by atoms with Gasteiger partial charge in [0.1, 0.15) is 5.82 Å². The maximum Gasteiger partial charge on any atom is 0.123 e. The van der Waals surface area contributed by atoms with Gasteiger partial charge in [0, 0.05) is 28.6 Å². The SMILES string of the molecule is CCC(N)(CC)CCC(C)c1cc(-c2cn[nH]c2-c2ccc(F)cc2)ccn1.N. The minimum Gasteiger partial charge on any atom is -0.344 e. The highest BCUT2D eigenvalue weighted by molar-refractivity contribution is 5.80. The molecule has 5 nitrogen and oxygen atoms in total. The average molecular weight is 398 g/mol. The summed E-state index contributed by atoms with van der Waals surface area (Å²) in [6.45, 7) is 6.51. The van der Waals surface area contributed by atoms with Gasteiger partial charge in [-0.05, 0) is 73.6 Å². The van der Waals surface area contributed by atoms with Gasteiger partial charge in [-0.15, -0.1) is 0 Å². The normalized spacial score (nSPS) is 12.4. The molecular weight excluding hydrogens is 365 g/mol. The van der Waals surface area contributed by atoms with Crippen molar-refractivity contribution in [2.24, 2.45) is 5.73 Å². The number of aromatic amines is 1. The number of nitrogens with two attached hydrogens (primary N) is 1. The molecule has 0 aliphatic carbocycles. The lowest BCUT2D eigenvalue weighted by atomic mass is 9.85. The summed E-state index contributed by atoms with van der Waals surface area (Å²) in [4.78, 5) is 4.59. The molecule has 0 amide bonds. The lowest BCUT2D eigenvalue weighted by Crippen LogP contribution is -2.38. The van der Waals surface area contributed by atoms with Gasteiger partial charge in [0.05, 0.1) is 11.9 Å². The fourth-order valence-electron chi connectivity index (χ4n) is 3.48. The average Bonchev–Trinajstić information content (AvgIpc) is 3.22. The van der Waals surface area contributed by atoms with E-state index in [-0.39, 0.29) is 17.5 Å². The summed E-state index contributed by atoms with van der Waals surface area (Å²) in [5.74, 6) is 0.0714. The Morgan fingerprint density at radius 2 is 1.79 bits per heavy atom. The molecule has 1 aromatic carbocycles. The van der Waals surface area contributed by atoms with Gasteiger partial charge < -0.3 is 11.9 Å². The van der Waals surface area contributed by atoms with E-state index in [0.717, 1.165) is 53.8 Å². The molecule has 0 bridgehead atoms. The van der Waals surface area contributed by atoms with Crippen molar-refractivity contribution in [2.45, 2.75) is 57.9 Å². The van der Waals surface area contributed by atoms with E-state index < -0.39 is 0 Å². The summed E-state index contributed by atoms with van der Waals surface area (Å²) < 4.78 is 13.3. The van der Waals surface area contributed by atoms with Gasteiger partial charge in [0.15, 0.2) is 0 Å². The van der Waals surface area contributed by atoms with Crippen LogP contribution in [0, 0.1) is 5.82 Å². The van der Waals surface area contributed by atoms with Crippen molar-refractivity contribution in [1.29, 1.82) is 0 Å². The first kappa shape index (κ1) is 22.7. The monoisotopic (exact) mass is 397 g/mol. The van der Waals surface area contributed by atoms with E-state index in [1.807, 2.05) is 18.5 Å². The van der Waals surface area contributed by atoms with Gasteiger partial charge in [-0.1, -0.05) is 20.8 Å². The Morgan fingerprint density at radius 3 is 2.45 bits per heavy atom. The van der Waals surface area contributed by atoms with Gasteiger partial charge in [0.2, 0.25) is 0 Å². The molecule has 1 atom stereocenters. The first-order chi connectivity index (χ1) is 13.5. The Morgan fingerprint density at radius 1 is 1.10 bits per heavy atom. The number of benzene rings is 1. The predicted molar refractivity (Wildman–Crippen MR) is 117 cm³/mol. The molecule has 2 aromatic heterocycles.